The molecule has 1 fully saturated rings. The predicted octanol–water partition coefficient (Wildman–Crippen LogP) is 7.01. The SMILES string of the molecule is CC(=O)CCC(C=O)c1coc2ccc3cc(OCC(=O)NCCCN4CCCC(c5ccc(N/C=C6/C=CC=C(C=O)C6=N)cc5)C4)ccc3c12. The second kappa shape index (κ2) is 17.1. The van der Waals surface area contributed by atoms with Gasteiger partial charge < -0.3 is 34.3 Å². The molecule has 0 spiro atoms. The van der Waals surface area contributed by atoms with Crippen LogP contribution in [-0.4, -0.2) is 67.7 Å². The maximum absolute atomic E-state index is 12.6. The Kier molecular flexibility index (Phi) is 11.9. The first-order valence-electron chi connectivity index (χ1n) is 17.8. The van der Waals surface area contributed by atoms with Crippen molar-refractivity contribution in [2.24, 2.45) is 0 Å². The maximum Gasteiger partial charge on any atom is 0.257 e. The molecule has 1 aliphatic heterocycles. The summed E-state index contributed by atoms with van der Waals surface area (Å²) in [4.78, 5) is 49.6. The topological polar surface area (TPSA) is 142 Å². The molecule has 3 aromatic carbocycles. The third kappa shape index (κ3) is 8.81. The van der Waals surface area contributed by atoms with Crippen LogP contribution in [0.1, 0.15) is 62.0 Å². The van der Waals surface area contributed by atoms with Crippen LogP contribution in [-0.2, 0) is 19.2 Å². The van der Waals surface area contributed by atoms with E-state index < -0.39 is 5.92 Å². The molecule has 10 heteroatoms. The molecule has 0 saturated carbocycles. The van der Waals surface area contributed by atoms with E-state index in [0.717, 1.165) is 72.6 Å². The molecule has 1 saturated heterocycles. The molecule has 0 radical (unpaired) electrons. The van der Waals surface area contributed by atoms with Crippen LogP contribution < -0.4 is 15.4 Å². The second-order valence-corrected chi connectivity index (χ2v) is 13.5. The Morgan fingerprint density at radius 2 is 1.96 bits per heavy atom. The highest BCUT2D eigenvalue weighted by Gasteiger charge is 2.22. The van der Waals surface area contributed by atoms with Crippen molar-refractivity contribution in [1.29, 1.82) is 5.41 Å². The number of hydrogen-bond acceptors (Lipinski definition) is 9. The number of amides is 1. The minimum Gasteiger partial charge on any atom is -0.484 e. The number of furan rings is 1. The van der Waals surface area contributed by atoms with Crippen LogP contribution in [0, 0.1) is 5.41 Å². The molecule has 2 aliphatic rings. The number of carbonyl (C=O) groups is 4. The summed E-state index contributed by atoms with van der Waals surface area (Å²) in [5, 5.41) is 17.0. The summed E-state index contributed by atoms with van der Waals surface area (Å²) in [7, 11) is 0. The molecule has 268 valence electrons. The summed E-state index contributed by atoms with van der Waals surface area (Å²) in [5.41, 5.74) is 4.89. The van der Waals surface area contributed by atoms with Crippen LogP contribution in [0.4, 0.5) is 5.69 Å². The number of anilines is 1. The van der Waals surface area contributed by atoms with Gasteiger partial charge in [0, 0.05) is 59.4 Å². The Labute approximate surface area is 303 Å². The van der Waals surface area contributed by atoms with Crippen molar-refractivity contribution in [2.75, 3.05) is 38.1 Å². The van der Waals surface area contributed by atoms with Gasteiger partial charge in [-0.3, -0.25) is 15.0 Å². The van der Waals surface area contributed by atoms with Crippen molar-refractivity contribution >= 4 is 57.4 Å². The summed E-state index contributed by atoms with van der Waals surface area (Å²) < 4.78 is 11.6. The number of benzene rings is 3. The van der Waals surface area contributed by atoms with E-state index >= 15 is 0 Å². The number of allylic oxidation sites excluding steroid dienone is 5. The summed E-state index contributed by atoms with van der Waals surface area (Å²) >= 11 is 0. The molecule has 4 aromatic rings. The quantitative estimate of drug-likeness (QED) is 0.0837. The Morgan fingerprint density at radius 3 is 2.75 bits per heavy atom. The summed E-state index contributed by atoms with van der Waals surface area (Å²) in [6.45, 7) is 4.91. The number of nitrogens with zero attached hydrogens (tertiary/aromatic N) is 1. The first kappa shape index (κ1) is 36.2. The summed E-state index contributed by atoms with van der Waals surface area (Å²) in [6.07, 6.45) is 14.0. The smallest absolute Gasteiger partial charge is 0.257 e. The van der Waals surface area contributed by atoms with E-state index in [1.165, 1.54) is 12.5 Å². The molecule has 2 heterocycles. The van der Waals surface area contributed by atoms with Crippen molar-refractivity contribution in [1.82, 2.24) is 10.2 Å². The molecule has 1 aliphatic carbocycles. The normalized spacial score (nSPS) is 17.6. The van der Waals surface area contributed by atoms with Gasteiger partial charge in [-0.15, -0.1) is 0 Å². The van der Waals surface area contributed by atoms with Crippen molar-refractivity contribution in [3.8, 4) is 5.75 Å². The van der Waals surface area contributed by atoms with Gasteiger partial charge in [-0.1, -0.05) is 30.4 Å². The monoisotopic (exact) mass is 700 g/mol. The van der Waals surface area contributed by atoms with Gasteiger partial charge in [-0.05, 0) is 110 Å². The van der Waals surface area contributed by atoms with Crippen molar-refractivity contribution in [2.45, 2.75) is 50.9 Å². The third-order valence-corrected chi connectivity index (χ3v) is 9.81. The molecule has 10 nitrogen and oxygen atoms in total. The van der Waals surface area contributed by atoms with Crippen molar-refractivity contribution < 1.29 is 28.3 Å². The first-order chi connectivity index (χ1) is 25.3. The zero-order valence-electron chi connectivity index (χ0n) is 29.4. The lowest BCUT2D eigenvalue weighted by Gasteiger charge is -2.33. The van der Waals surface area contributed by atoms with Crippen LogP contribution in [0.25, 0.3) is 21.7 Å². The van der Waals surface area contributed by atoms with Gasteiger partial charge in [0.1, 0.15) is 23.4 Å². The molecule has 52 heavy (non-hydrogen) atoms. The second-order valence-electron chi connectivity index (χ2n) is 13.5. The average molecular weight is 701 g/mol. The van der Waals surface area contributed by atoms with Crippen LogP contribution in [0.3, 0.4) is 0 Å². The minimum absolute atomic E-state index is 0.0426. The van der Waals surface area contributed by atoms with Gasteiger partial charge in [0.2, 0.25) is 0 Å². The molecule has 2 unspecified atom stereocenters. The van der Waals surface area contributed by atoms with Gasteiger partial charge in [-0.2, -0.15) is 0 Å². The third-order valence-electron chi connectivity index (χ3n) is 9.81. The predicted molar refractivity (Wildman–Crippen MR) is 203 cm³/mol. The maximum atomic E-state index is 12.6. The van der Waals surface area contributed by atoms with E-state index in [9.17, 15) is 19.2 Å². The Balaban J connectivity index is 0.940. The standard InChI is InChI=1S/C42H44N4O6/c1-28(49)8-9-33(24-47)38-26-52-39-17-12-30-21-36(15-16-37(30)41(38)39)51-27-40(50)44-18-4-20-46-19-3-7-32(23-46)29-10-13-35(14-11-29)45-22-31-5-2-6-34(25-48)42(31)43/h2,5-6,10-17,21-22,24-26,32-33,43,45H,3-4,7-9,18-20,23,27H2,1H3,(H,44,50)/b31-22-,43-42?. The number of hydrogen-bond donors (Lipinski definition) is 3. The lowest BCUT2D eigenvalue weighted by atomic mass is 9.90. The Morgan fingerprint density at radius 1 is 1.12 bits per heavy atom. The largest absolute Gasteiger partial charge is 0.484 e. The molecular weight excluding hydrogens is 656 g/mol. The molecule has 0 bridgehead atoms. The highest BCUT2D eigenvalue weighted by molar-refractivity contribution is 6.23. The molecule has 1 amide bonds. The van der Waals surface area contributed by atoms with Crippen LogP contribution in [0.5, 0.6) is 5.75 Å². The van der Waals surface area contributed by atoms with Crippen molar-refractivity contribution in [3.05, 3.63) is 108 Å². The summed E-state index contributed by atoms with van der Waals surface area (Å²) in [6, 6.07) is 17.8. The molecule has 1 aromatic heterocycles. The Bertz CT molecular complexity index is 2060. The Hall–Kier alpha value is -5.61. The van der Waals surface area contributed by atoms with Gasteiger partial charge in [0.05, 0.1) is 12.0 Å². The molecule has 2 atom stereocenters. The van der Waals surface area contributed by atoms with Gasteiger partial charge in [0.15, 0.2) is 12.9 Å². The van der Waals surface area contributed by atoms with E-state index in [2.05, 4.69) is 27.7 Å². The van der Waals surface area contributed by atoms with E-state index in [1.54, 1.807) is 24.6 Å². The average Bonchev–Trinajstić information content (AvgIpc) is 3.60. The number of ketones is 1. The fourth-order valence-electron chi connectivity index (χ4n) is 6.97. The highest BCUT2D eigenvalue weighted by Crippen LogP contribution is 2.36. The summed E-state index contributed by atoms with van der Waals surface area (Å²) in [5.74, 6) is 0.446. The van der Waals surface area contributed by atoms with Crippen LogP contribution >= 0.6 is 0 Å². The van der Waals surface area contributed by atoms with E-state index in [-0.39, 0.29) is 24.0 Å². The lowest BCUT2D eigenvalue weighted by Crippen LogP contribution is -2.37. The number of nitrogens with one attached hydrogen (secondary N) is 3. The highest BCUT2D eigenvalue weighted by atomic mass is 16.5. The molecular formula is C42H44N4O6. The number of fused-ring (bicyclic) bond motifs is 3. The van der Waals surface area contributed by atoms with Gasteiger partial charge in [-0.25, -0.2) is 0 Å². The fourth-order valence-corrected chi connectivity index (χ4v) is 6.97. The first-order valence-corrected chi connectivity index (χ1v) is 17.8. The van der Waals surface area contributed by atoms with E-state index in [0.29, 0.717) is 54.1 Å². The minimum atomic E-state index is -0.433. The van der Waals surface area contributed by atoms with Gasteiger partial charge >= 0.3 is 0 Å². The fraction of sp³-hybridized carbons (Fsp3) is 0.310. The van der Waals surface area contributed by atoms with E-state index in [1.807, 2.05) is 48.5 Å². The molecule has 3 N–H and O–H groups in total. The number of likely N-dealkylation sites (tertiary alicyclic amines) is 1. The number of piperidine rings is 1. The number of rotatable bonds is 16. The zero-order chi connectivity index (χ0) is 36.5. The molecule has 6 rings (SSSR count). The number of ether oxygens (including phenoxy) is 1. The van der Waals surface area contributed by atoms with E-state index in [4.69, 9.17) is 14.6 Å². The van der Waals surface area contributed by atoms with Crippen molar-refractivity contribution in [3.63, 3.8) is 0 Å². The number of Topliss-reactive ketones (excluding diaryl/α,β-unsaturated/α-hetero) is 1. The van der Waals surface area contributed by atoms with Gasteiger partial charge in [0.25, 0.3) is 5.91 Å². The number of aldehydes is 2. The zero-order valence-corrected chi connectivity index (χ0v) is 29.4. The lowest BCUT2D eigenvalue weighted by molar-refractivity contribution is -0.123. The number of carbonyl (C=O) groups excluding carboxylic acids is 4. The van der Waals surface area contributed by atoms with Crippen LogP contribution in [0.2, 0.25) is 0 Å². The van der Waals surface area contributed by atoms with Crippen LogP contribution in [0.15, 0.2) is 101 Å².